The van der Waals surface area contributed by atoms with Gasteiger partial charge in [0.25, 0.3) is 0 Å². The molecule has 21 heavy (non-hydrogen) atoms. The summed E-state index contributed by atoms with van der Waals surface area (Å²) in [6.45, 7) is 6.18. The quantitative estimate of drug-likeness (QED) is 0.846. The molecule has 0 radical (unpaired) electrons. The Hall–Kier alpha value is -0.980. The number of hydrogen-bond donors (Lipinski definition) is 2. The van der Waals surface area contributed by atoms with Crippen molar-refractivity contribution in [2.24, 2.45) is 17.1 Å². The lowest BCUT2D eigenvalue weighted by atomic mass is 9.93. The molecule has 4 nitrogen and oxygen atoms in total. The third kappa shape index (κ3) is 3.27. The highest BCUT2D eigenvalue weighted by Gasteiger charge is 2.45. The lowest BCUT2D eigenvalue weighted by Gasteiger charge is -2.20. The van der Waals surface area contributed by atoms with Crippen LogP contribution in [-0.4, -0.2) is 15.0 Å². The fourth-order valence-electron chi connectivity index (χ4n) is 2.54. The molecule has 0 saturated heterocycles. The summed E-state index contributed by atoms with van der Waals surface area (Å²) in [6.07, 6.45) is 2.06. The average Bonchev–Trinajstić information content (AvgIpc) is 3.20. The molecule has 1 saturated carbocycles. The highest BCUT2D eigenvalue weighted by Crippen LogP contribution is 2.51. The molecule has 0 heterocycles. The Bertz CT molecular complexity index is 637. The second kappa shape index (κ2) is 5.66. The van der Waals surface area contributed by atoms with E-state index in [1.807, 2.05) is 0 Å². The molecule has 1 aromatic rings. The summed E-state index contributed by atoms with van der Waals surface area (Å²) >= 11 is 0. The van der Waals surface area contributed by atoms with Crippen LogP contribution in [0.1, 0.15) is 37.8 Å². The second-order valence-corrected chi connectivity index (χ2v) is 7.98. The van der Waals surface area contributed by atoms with Gasteiger partial charge in [-0.15, -0.1) is 0 Å². The Kier molecular flexibility index (Phi) is 4.42. The van der Waals surface area contributed by atoms with E-state index in [1.165, 1.54) is 19.1 Å². The van der Waals surface area contributed by atoms with Crippen LogP contribution in [0.4, 0.5) is 4.39 Å². The second-order valence-electron chi connectivity index (χ2n) is 6.25. The first kappa shape index (κ1) is 16.4. The number of halogens is 1. The van der Waals surface area contributed by atoms with Crippen molar-refractivity contribution in [3.05, 3.63) is 29.1 Å². The fourth-order valence-corrected chi connectivity index (χ4v) is 3.98. The molecule has 1 aliphatic rings. The molecule has 1 aromatic carbocycles. The normalized spacial score (nSPS) is 17.2. The van der Waals surface area contributed by atoms with E-state index in [0.717, 1.165) is 12.8 Å². The van der Waals surface area contributed by atoms with Crippen LogP contribution in [0.3, 0.4) is 0 Å². The first-order valence-corrected chi connectivity index (χ1v) is 8.69. The van der Waals surface area contributed by atoms with Crippen molar-refractivity contribution in [2.45, 2.75) is 45.1 Å². The molecule has 0 aromatic heterocycles. The molecule has 1 aliphatic carbocycles. The molecule has 0 aliphatic heterocycles. The predicted octanol–water partition coefficient (Wildman–Crippen LogP) is 2.31. The molecule has 6 heteroatoms. The van der Waals surface area contributed by atoms with Gasteiger partial charge in [0.05, 0.1) is 4.90 Å². The minimum Gasteiger partial charge on any atom is -0.326 e. The van der Waals surface area contributed by atoms with E-state index in [2.05, 4.69) is 18.6 Å². The molecule has 1 fully saturated rings. The van der Waals surface area contributed by atoms with Gasteiger partial charge in [-0.05, 0) is 48.8 Å². The first-order valence-electron chi connectivity index (χ1n) is 7.20. The molecular formula is C15H23FN2O2S. The van der Waals surface area contributed by atoms with E-state index in [4.69, 9.17) is 5.73 Å². The number of rotatable bonds is 6. The summed E-state index contributed by atoms with van der Waals surface area (Å²) in [7, 11) is -3.72. The summed E-state index contributed by atoms with van der Waals surface area (Å²) in [5, 5.41) is 0. The SMILES string of the molecule is Cc1c(F)cc(CN)cc1S(=O)(=O)NCC1(C(C)C)CC1. The molecule has 0 unspecified atom stereocenters. The number of sulfonamides is 1. The van der Waals surface area contributed by atoms with E-state index in [9.17, 15) is 12.8 Å². The van der Waals surface area contributed by atoms with Gasteiger partial charge < -0.3 is 5.73 Å². The van der Waals surface area contributed by atoms with Gasteiger partial charge in [-0.2, -0.15) is 0 Å². The summed E-state index contributed by atoms with van der Waals surface area (Å²) in [5.41, 5.74) is 6.16. The number of nitrogens with two attached hydrogens (primary N) is 1. The average molecular weight is 314 g/mol. The maximum Gasteiger partial charge on any atom is 0.240 e. The van der Waals surface area contributed by atoms with Crippen LogP contribution in [-0.2, 0) is 16.6 Å². The summed E-state index contributed by atoms with van der Waals surface area (Å²) in [6, 6.07) is 2.74. The van der Waals surface area contributed by atoms with Gasteiger partial charge >= 0.3 is 0 Å². The lowest BCUT2D eigenvalue weighted by Crippen LogP contribution is -2.33. The van der Waals surface area contributed by atoms with Gasteiger partial charge in [0, 0.05) is 18.7 Å². The van der Waals surface area contributed by atoms with Crippen LogP contribution in [0, 0.1) is 24.1 Å². The monoisotopic (exact) mass is 314 g/mol. The third-order valence-electron chi connectivity index (χ3n) is 4.61. The fraction of sp³-hybridized carbons (Fsp3) is 0.600. The summed E-state index contributed by atoms with van der Waals surface area (Å²) in [5.74, 6) is -0.114. The van der Waals surface area contributed by atoms with Gasteiger partial charge in [0.1, 0.15) is 5.82 Å². The van der Waals surface area contributed by atoms with Gasteiger partial charge in [-0.3, -0.25) is 0 Å². The molecule has 0 atom stereocenters. The molecular weight excluding hydrogens is 291 g/mol. The first-order chi connectivity index (χ1) is 9.72. The Morgan fingerprint density at radius 1 is 1.38 bits per heavy atom. The summed E-state index contributed by atoms with van der Waals surface area (Å²) < 4.78 is 41.4. The van der Waals surface area contributed by atoms with Gasteiger partial charge in [-0.25, -0.2) is 17.5 Å². The van der Waals surface area contributed by atoms with E-state index >= 15 is 0 Å². The van der Waals surface area contributed by atoms with E-state index in [-0.39, 0.29) is 22.4 Å². The Morgan fingerprint density at radius 3 is 2.48 bits per heavy atom. The largest absolute Gasteiger partial charge is 0.326 e. The molecule has 2 rings (SSSR count). The lowest BCUT2D eigenvalue weighted by molar-refractivity contribution is 0.357. The van der Waals surface area contributed by atoms with Gasteiger partial charge in [-0.1, -0.05) is 13.8 Å². The Balaban J connectivity index is 2.26. The molecule has 118 valence electrons. The predicted molar refractivity (Wildman–Crippen MR) is 80.7 cm³/mol. The van der Waals surface area contributed by atoms with Crippen molar-refractivity contribution >= 4 is 10.0 Å². The molecule has 0 spiro atoms. The smallest absolute Gasteiger partial charge is 0.240 e. The van der Waals surface area contributed by atoms with Crippen molar-refractivity contribution in [1.82, 2.24) is 4.72 Å². The maximum absolute atomic E-state index is 13.8. The van der Waals surface area contributed by atoms with Crippen LogP contribution >= 0.6 is 0 Å². The zero-order chi connectivity index (χ0) is 15.8. The van der Waals surface area contributed by atoms with Crippen LogP contribution in [0.25, 0.3) is 0 Å². The Labute approximate surface area is 126 Å². The molecule has 3 N–H and O–H groups in total. The standard InChI is InChI=1S/C15H23FN2O2S/c1-10(2)15(4-5-15)9-18-21(19,20)14-7-12(8-17)6-13(16)11(14)3/h6-7,10,18H,4-5,8-9,17H2,1-3H3. The van der Waals surface area contributed by atoms with E-state index < -0.39 is 15.8 Å². The number of benzene rings is 1. The number of nitrogens with one attached hydrogen (secondary N) is 1. The van der Waals surface area contributed by atoms with Crippen molar-refractivity contribution in [3.8, 4) is 0 Å². The summed E-state index contributed by atoms with van der Waals surface area (Å²) in [4.78, 5) is -0.0116. The van der Waals surface area contributed by atoms with E-state index in [0.29, 0.717) is 18.0 Å². The van der Waals surface area contributed by atoms with Crippen molar-refractivity contribution in [2.75, 3.05) is 6.54 Å². The highest BCUT2D eigenvalue weighted by atomic mass is 32.2. The Morgan fingerprint density at radius 2 is 2.00 bits per heavy atom. The van der Waals surface area contributed by atoms with Gasteiger partial charge in [0.15, 0.2) is 0 Å². The van der Waals surface area contributed by atoms with Crippen molar-refractivity contribution in [3.63, 3.8) is 0 Å². The van der Waals surface area contributed by atoms with Crippen LogP contribution in [0.2, 0.25) is 0 Å². The highest BCUT2D eigenvalue weighted by molar-refractivity contribution is 7.89. The minimum atomic E-state index is -3.72. The van der Waals surface area contributed by atoms with Crippen LogP contribution in [0.5, 0.6) is 0 Å². The third-order valence-corrected chi connectivity index (χ3v) is 6.14. The zero-order valence-electron chi connectivity index (χ0n) is 12.7. The molecule has 0 amide bonds. The molecule has 0 bridgehead atoms. The van der Waals surface area contributed by atoms with Crippen LogP contribution in [0.15, 0.2) is 17.0 Å². The van der Waals surface area contributed by atoms with Gasteiger partial charge in [0.2, 0.25) is 10.0 Å². The minimum absolute atomic E-state index is 0.0116. The maximum atomic E-state index is 13.8. The van der Waals surface area contributed by atoms with E-state index in [1.54, 1.807) is 0 Å². The van der Waals surface area contributed by atoms with Crippen LogP contribution < -0.4 is 10.5 Å². The van der Waals surface area contributed by atoms with Crippen molar-refractivity contribution in [1.29, 1.82) is 0 Å². The zero-order valence-corrected chi connectivity index (χ0v) is 13.6. The number of hydrogen-bond acceptors (Lipinski definition) is 3. The van der Waals surface area contributed by atoms with Crippen molar-refractivity contribution < 1.29 is 12.8 Å². The topological polar surface area (TPSA) is 72.2 Å².